The van der Waals surface area contributed by atoms with Crippen LogP contribution in [-0.4, -0.2) is 19.6 Å². The second kappa shape index (κ2) is 8.73. The summed E-state index contributed by atoms with van der Waals surface area (Å²) in [6.45, 7) is 4.27. The van der Waals surface area contributed by atoms with Gasteiger partial charge >= 0.3 is 0 Å². The van der Waals surface area contributed by atoms with E-state index in [4.69, 9.17) is 9.47 Å². The van der Waals surface area contributed by atoms with Crippen molar-refractivity contribution in [1.82, 2.24) is 0 Å². The molecule has 0 aromatic heterocycles. The summed E-state index contributed by atoms with van der Waals surface area (Å²) in [7, 11) is 1.57. The predicted molar refractivity (Wildman–Crippen MR) is 100.0 cm³/mol. The van der Waals surface area contributed by atoms with Crippen LogP contribution in [0.15, 0.2) is 46.9 Å². The lowest BCUT2D eigenvalue weighted by molar-refractivity contribution is -0.118. The Balaban J connectivity index is 1.96. The first-order valence-corrected chi connectivity index (χ1v) is 8.69. The fraction of sp³-hybridized carbons (Fsp3) is 0.316. The summed E-state index contributed by atoms with van der Waals surface area (Å²) in [5, 5.41) is 2.79. The van der Waals surface area contributed by atoms with Crippen LogP contribution in [0.25, 0.3) is 0 Å². The van der Waals surface area contributed by atoms with Crippen LogP contribution in [0.1, 0.15) is 31.7 Å². The summed E-state index contributed by atoms with van der Waals surface area (Å²) in [5.74, 6) is 1.52. The van der Waals surface area contributed by atoms with Gasteiger partial charge in [-0.25, -0.2) is 0 Å². The van der Waals surface area contributed by atoms with Crippen molar-refractivity contribution in [1.29, 1.82) is 0 Å². The quantitative estimate of drug-likeness (QED) is 0.722. The summed E-state index contributed by atoms with van der Waals surface area (Å²) in [6.07, 6.45) is 1.08. The van der Waals surface area contributed by atoms with Crippen LogP contribution in [0.2, 0.25) is 0 Å². The minimum Gasteiger partial charge on any atom is -0.495 e. The molecule has 128 valence electrons. The smallest absolute Gasteiger partial charge is 0.262 e. The van der Waals surface area contributed by atoms with Crippen LogP contribution in [0.5, 0.6) is 11.5 Å². The molecule has 0 fully saturated rings. The van der Waals surface area contributed by atoms with E-state index in [1.54, 1.807) is 19.2 Å². The maximum atomic E-state index is 12.1. The van der Waals surface area contributed by atoms with Gasteiger partial charge in [-0.15, -0.1) is 0 Å². The molecule has 0 saturated carbocycles. The lowest BCUT2D eigenvalue weighted by Gasteiger charge is -2.13. The molecule has 0 heterocycles. The fourth-order valence-electron chi connectivity index (χ4n) is 2.25. The maximum Gasteiger partial charge on any atom is 0.262 e. The molecular weight excluding hydrogens is 370 g/mol. The van der Waals surface area contributed by atoms with Crippen LogP contribution < -0.4 is 14.8 Å². The number of methoxy groups -OCH3 is 1. The number of nitrogens with one attached hydrogen (secondary N) is 1. The van der Waals surface area contributed by atoms with E-state index >= 15 is 0 Å². The molecule has 0 aliphatic carbocycles. The Labute approximate surface area is 151 Å². The summed E-state index contributed by atoms with van der Waals surface area (Å²) >= 11 is 3.51. The number of amides is 1. The molecule has 24 heavy (non-hydrogen) atoms. The fourth-order valence-corrected chi connectivity index (χ4v) is 2.76. The Hall–Kier alpha value is -2.01. The maximum absolute atomic E-state index is 12.1. The molecule has 4 nitrogen and oxygen atoms in total. The number of carbonyl (C=O) groups is 1. The van der Waals surface area contributed by atoms with Crippen molar-refractivity contribution < 1.29 is 14.3 Å². The summed E-state index contributed by atoms with van der Waals surface area (Å²) in [6, 6.07) is 13.2. The van der Waals surface area contributed by atoms with Crippen LogP contribution in [0.3, 0.4) is 0 Å². The third-order valence-electron chi connectivity index (χ3n) is 3.88. The van der Waals surface area contributed by atoms with Crippen molar-refractivity contribution in [3.8, 4) is 11.5 Å². The highest BCUT2D eigenvalue weighted by molar-refractivity contribution is 9.10. The first-order valence-electron chi connectivity index (χ1n) is 7.90. The van der Waals surface area contributed by atoms with Gasteiger partial charge < -0.3 is 14.8 Å². The van der Waals surface area contributed by atoms with E-state index in [2.05, 4.69) is 35.1 Å². The molecule has 2 aromatic rings. The molecule has 0 radical (unpaired) electrons. The number of ether oxygens (including phenoxy) is 2. The number of para-hydroxylation sites is 2. The Kier molecular flexibility index (Phi) is 6.67. The molecule has 1 atom stereocenters. The van der Waals surface area contributed by atoms with Crippen molar-refractivity contribution in [2.75, 3.05) is 19.0 Å². The lowest BCUT2D eigenvalue weighted by Crippen LogP contribution is -2.20. The Morgan fingerprint density at radius 3 is 2.62 bits per heavy atom. The normalized spacial score (nSPS) is 11.7. The van der Waals surface area contributed by atoms with Gasteiger partial charge in [0.05, 0.1) is 17.3 Å². The molecule has 0 spiro atoms. The minimum absolute atomic E-state index is 0.0701. The van der Waals surface area contributed by atoms with Gasteiger partial charge in [0.2, 0.25) is 0 Å². The van der Waals surface area contributed by atoms with Crippen molar-refractivity contribution >= 4 is 27.5 Å². The molecule has 1 amide bonds. The SMILES string of the molecule is CCC(C)c1ccc(OCC(=O)Nc2ccccc2OC)c(Br)c1. The van der Waals surface area contributed by atoms with Gasteiger partial charge in [0.1, 0.15) is 11.5 Å². The molecule has 0 aliphatic heterocycles. The summed E-state index contributed by atoms with van der Waals surface area (Å²) < 4.78 is 11.7. The molecule has 0 aliphatic rings. The molecule has 1 N–H and O–H groups in total. The third kappa shape index (κ3) is 4.74. The first-order chi connectivity index (χ1) is 11.5. The van der Waals surface area contributed by atoms with E-state index in [-0.39, 0.29) is 12.5 Å². The summed E-state index contributed by atoms with van der Waals surface area (Å²) in [4.78, 5) is 12.1. The molecule has 2 rings (SSSR count). The standard InChI is InChI=1S/C19H22BrNO3/c1-4-13(2)14-9-10-17(15(20)11-14)24-12-19(22)21-16-7-5-6-8-18(16)23-3/h5-11,13H,4,12H2,1-3H3,(H,21,22). The minimum atomic E-state index is -0.239. The predicted octanol–water partition coefficient (Wildman–Crippen LogP) is 4.99. The second-order valence-electron chi connectivity index (χ2n) is 5.54. The third-order valence-corrected chi connectivity index (χ3v) is 4.50. The van der Waals surface area contributed by atoms with Crippen molar-refractivity contribution in [3.63, 3.8) is 0 Å². The zero-order valence-corrected chi connectivity index (χ0v) is 15.7. The van der Waals surface area contributed by atoms with Gasteiger partial charge in [-0.05, 0) is 58.1 Å². The number of halogens is 1. The van der Waals surface area contributed by atoms with Crippen LogP contribution in [-0.2, 0) is 4.79 Å². The van der Waals surface area contributed by atoms with E-state index < -0.39 is 0 Å². The number of benzene rings is 2. The van der Waals surface area contributed by atoms with Crippen LogP contribution in [0, 0.1) is 0 Å². The van der Waals surface area contributed by atoms with Gasteiger partial charge in [-0.2, -0.15) is 0 Å². The van der Waals surface area contributed by atoms with E-state index in [9.17, 15) is 4.79 Å². The Morgan fingerprint density at radius 1 is 1.21 bits per heavy atom. The van der Waals surface area contributed by atoms with Gasteiger partial charge in [0.15, 0.2) is 6.61 Å². The summed E-state index contributed by atoms with van der Waals surface area (Å²) in [5.41, 5.74) is 1.87. The van der Waals surface area contributed by atoms with Crippen LogP contribution in [0.4, 0.5) is 5.69 Å². The van der Waals surface area contributed by atoms with Gasteiger partial charge in [0.25, 0.3) is 5.91 Å². The highest BCUT2D eigenvalue weighted by Crippen LogP contribution is 2.30. The van der Waals surface area contributed by atoms with Gasteiger partial charge in [-0.3, -0.25) is 4.79 Å². The first kappa shape index (κ1) is 18.3. The number of hydrogen-bond acceptors (Lipinski definition) is 3. The number of hydrogen-bond donors (Lipinski definition) is 1. The average Bonchev–Trinajstić information content (AvgIpc) is 2.60. The van der Waals surface area contributed by atoms with E-state index in [1.165, 1.54) is 5.56 Å². The van der Waals surface area contributed by atoms with Gasteiger partial charge in [0, 0.05) is 0 Å². The number of anilines is 1. The molecule has 5 heteroatoms. The molecule has 1 unspecified atom stereocenters. The monoisotopic (exact) mass is 391 g/mol. The van der Waals surface area contributed by atoms with Crippen molar-refractivity contribution in [3.05, 3.63) is 52.5 Å². The average molecular weight is 392 g/mol. The largest absolute Gasteiger partial charge is 0.495 e. The number of carbonyl (C=O) groups excluding carboxylic acids is 1. The highest BCUT2D eigenvalue weighted by Gasteiger charge is 2.11. The van der Waals surface area contributed by atoms with Crippen molar-refractivity contribution in [2.24, 2.45) is 0 Å². The zero-order valence-electron chi connectivity index (χ0n) is 14.1. The highest BCUT2D eigenvalue weighted by atomic mass is 79.9. The van der Waals surface area contributed by atoms with E-state index in [0.717, 1.165) is 10.9 Å². The lowest BCUT2D eigenvalue weighted by atomic mass is 9.99. The number of rotatable bonds is 7. The van der Waals surface area contributed by atoms with Crippen molar-refractivity contribution in [2.45, 2.75) is 26.2 Å². The topological polar surface area (TPSA) is 47.6 Å². The molecule has 2 aromatic carbocycles. The van der Waals surface area contributed by atoms with E-state index in [0.29, 0.717) is 23.1 Å². The Bertz CT molecular complexity index is 703. The zero-order chi connectivity index (χ0) is 17.5. The van der Waals surface area contributed by atoms with Gasteiger partial charge in [-0.1, -0.05) is 32.0 Å². The molecule has 0 bridgehead atoms. The molecular formula is C19H22BrNO3. The van der Waals surface area contributed by atoms with Crippen LogP contribution >= 0.6 is 15.9 Å². The van der Waals surface area contributed by atoms with E-state index in [1.807, 2.05) is 30.3 Å². The second-order valence-corrected chi connectivity index (χ2v) is 6.39. The Morgan fingerprint density at radius 2 is 1.96 bits per heavy atom. The molecule has 0 saturated heterocycles.